The highest BCUT2D eigenvalue weighted by Gasteiger charge is 2.14. The number of hydrogen-bond donors (Lipinski definition) is 1. The minimum Gasteiger partial charge on any atom is -0.508 e. The Morgan fingerprint density at radius 1 is 1.05 bits per heavy atom. The van der Waals surface area contributed by atoms with Crippen molar-refractivity contribution in [2.45, 2.75) is 5.75 Å². The van der Waals surface area contributed by atoms with Crippen molar-refractivity contribution in [1.82, 2.24) is 0 Å². The van der Waals surface area contributed by atoms with E-state index in [0.717, 1.165) is 0 Å². The van der Waals surface area contributed by atoms with Crippen LogP contribution in [0, 0.1) is 0 Å². The van der Waals surface area contributed by atoms with E-state index in [0.29, 0.717) is 16.8 Å². The zero-order valence-corrected chi connectivity index (χ0v) is 13.2. The molecule has 0 atom stereocenters. The normalized spacial score (nSPS) is 11.2. The molecule has 0 saturated heterocycles. The highest BCUT2D eigenvalue weighted by Crippen LogP contribution is 2.19. The summed E-state index contributed by atoms with van der Waals surface area (Å²) in [5.41, 5.74) is 1.77. The maximum Gasteiger partial charge on any atom is 0.258 e. The number of anilines is 1. The van der Waals surface area contributed by atoms with Crippen molar-refractivity contribution in [3.05, 3.63) is 59.7 Å². The van der Waals surface area contributed by atoms with Gasteiger partial charge in [0.15, 0.2) is 9.84 Å². The number of rotatable bonds is 4. The molecule has 22 heavy (non-hydrogen) atoms. The Labute approximate surface area is 129 Å². The van der Waals surface area contributed by atoms with Crippen LogP contribution in [0.5, 0.6) is 5.75 Å². The Hall–Kier alpha value is -2.34. The number of hydrogen-bond acceptors (Lipinski definition) is 4. The van der Waals surface area contributed by atoms with E-state index in [9.17, 15) is 18.3 Å². The van der Waals surface area contributed by atoms with Crippen molar-refractivity contribution in [3.63, 3.8) is 0 Å². The van der Waals surface area contributed by atoms with Crippen LogP contribution in [0.1, 0.15) is 15.9 Å². The lowest BCUT2D eigenvalue weighted by Gasteiger charge is -2.17. The van der Waals surface area contributed by atoms with Gasteiger partial charge in [0.1, 0.15) is 5.75 Å². The first-order chi connectivity index (χ1) is 10.3. The Kier molecular flexibility index (Phi) is 4.51. The SMILES string of the molecule is CN(C(=O)c1ccc(CS(C)(=O)=O)cc1)c1ccc(O)cc1. The molecule has 0 heterocycles. The largest absolute Gasteiger partial charge is 0.508 e. The Balaban J connectivity index is 2.17. The summed E-state index contributed by atoms with van der Waals surface area (Å²) in [6, 6.07) is 12.8. The van der Waals surface area contributed by atoms with E-state index in [1.807, 2.05) is 0 Å². The summed E-state index contributed by atoms with van der Waals surface area (Å²) in [6.07, 6.45) is 1.17. The van der Waals surface area contributed by atoms with Crippen LogP contribution in [0.3, 0.4) is 0 Å². The van der Waals surface area contributed by atoms with Crippen LogP contribution >= 0.6 is 0 Å². The topological polar surface area (TPSA) is 74.7 Å². The average molecular weight is 319 g/mol. The van der Waals surface area contributed by atoms with Gasteiger partial charge in [0.2, 0.25) is 0 Å². The molecule has 2 rings (SSSR count). The van der Waals surface area contributed by atoms with Gasteiger partial charge >= 0.3 is 0 Å². The Morgan fingerprint density at radius 2 is 1.59 bits per heavy atom. The molecule has 0 aromatic heterocycles. The smallest absolute Gasteiger partial charge is 0.258 e. The predicted molar refractivity (Wildman–Crippen MR) is 85.8 cm³/mol. The molecule has 0 radical (unpaired) electrons. The predicted octanol–water partition coefficient (Wildman–Crippen LogP) is 2.21. The van der Waals surface area contributed by atoms with Crippen LogP contribution in [-0.4, -0.2) is 32.7 Å². The van der Waals surface area contributed by atoms with Gasteiger partial charge in [0, 0.05) is 24.6 Å². The summed E-state index contributed by atoms with van der Waals surface area (Å²) in [6.45, 7) is 0. The quantitative estimate of drug-likeness (QED) is 0.937. The third-order valence-electron chi connectivity index (χ3n) is 3.17. The molecule has 0 aliphatic rings. The molecule has 0 aliphatic heterocycles. The van der Waals surface area contributed by atoms with Crippen LogP contribution in [0.15, 0.2) is 48.5 Å². The number of carbonyl (C=O) groups excluding carboxylic acids is 1. The monoisotopic (exact) mass is 319 g/mol. The van der Waals surface area contributed by atoms with Crippen molar-refractivity contribution in [1.29, 1.82) is 0 Å². The molecule has 0 fully saturated rings. The Morgan fingerprint density at radius 3 is 2.09 bits per heavy atom. The lowest BCUT2D eigenvalue weighted by Crippen LogP contribution is -2.26. The average Bonchev–Trinajstić information content (AvgIpc) is 2.46. The number of benzene rings is 2. The fraction of sp³-hybridized carbons (Fsp3) is 0.188. The van der Waals surface area contributed by atoms with Crippen molar-refractivity contribution in [3.8, 4) is 5.75 Å². The molecule has 5 nitrogen and oxygen atoms in total. The van der Waals surface area contributed by atoms with Gasteiger partial charge < -0.3 is 10.0 Å². The zero-order valence-electron chi connectivity index (χ0n) is 12.4. The summed E-state index contributed by atoms with van der Waals surface area (Å²) in [4.78, 5) is 13.8. The molecule has 0 saturated carbocycles. The van der Waals surface area contributed by atoms with Gasteiger partial charge in [-0.15, -0.1) is 0 Å². The minimum atomic E-state index is -3.09. The van der Waals surface area contributed by atoms with Gasteiger partial charge in [-0.2, -0.15) is 0 Å². The number of phenols is 1. The van der Waals surface area contributed by atoms with Crippen LogP contribution in [0.25, 0.3) is 0 Å². The van der Waals surface area contributed by atoms with Crippen LogP contribution in [0.4, 0.5) is 5.69 Å². The highest BCUT2D eigenvalue weighted by molar-refractivity contribution is 7.89. The lowest BCUT2D eigenvalue weighted by molar-refractivity contribution is 0.0993. The van der Waals surface area contributed by atoms with E-state index in [2.05, 4.69) is 0 Å². The second-order valence-electron chi connectivity index (χ2n) is 5.15. The summed E-state index contributed by atoms with van der Waals surface area (Å²) in [5.74, 6) is -0.124. The summed E-state index contributed by atoms with van der Waals surface area (Å²) in [7, 11) is -1.45. The van der Waals surface area contributed by atoms with Gasteiger partial charge in [-0.1, -0.05) is 12.1 Å². The molecular formula is C16H17NO4S. The maximum absolute atomic E-state index is 12.4. The fourth-order valence-corrected chi connectivity index (χ4v) is 2.83. The number of sulfone groups is 1. The molecule has 2 aromatic rings. The van der Waals surface area contributed by atoms with Crippen molar-refractivity contribution < 1.29 is 18.3 Å². The summed E-state index contributed by atoms with van der Waals surface area (Å²) >= 11 is 0. The number of aromatic hydroxyl groups is 1. The third-order valence-corrected chi connectivity index (χ3v) is 4.03. The molecule has 0 bridgehead atoms. The van der Waals surface area contributed by atoms with Gasteiger partial charge in [0.05, 0.1) is 5.75 Å². The van der Waals surface area contributed by atoms with Gasteiger partial charge in [-0.3, -0.25) is 4.79 Å². The molecule has 6 heteroatoms. The van der Waals surface area contributed by atoms with Crippen molar-refractivity contribution >= 4 is 21.4 Å². The third kappa shape index (κ3) is 4.08. The Bertz CT molecular complexity index is 765. The standard InChI is InChI=1S/C16H17NO4S/c1-17(14-7-9-15(18)10-8-14)16(19)13-5-3-12(4-6-13)11-22(2,20)21/h3-10,18H,11H2,1-2H3. The van der Waals surface area contributed by atoms with E-state index < -0.39 is 9.84 Å². The van der Waals surface area contributed by atoms with E-state index in [4.69, 9.17) is 0 Å². The molecule has 2 aromatic carbocycles. The van der Waals surface area contributed by atoms with E-state index in [1.54, 1.807) is 43.4 Å². The van der Waals surface area contributed by atoms with Crippen molar-refractivity contribution in [2.75, 3.05) is 18.2 Å². The second kappa shape index (κ2) is 6.19. The minimum absolute atomic E-state index is 0.0464. The highest BCUT2D eigenvalue weighted by atomic mass is 32.2. The molecule has 0 aliphatic carbocycles. The number of nitrogens with zero attached hydrogens (tertiary/aromatic N) is 1. The van der Waals surface area contributed by atoms with E-state index >= 15 is 0 Å². The van der Waals surface area contributed by atoms with Crippen LogP contribution in [-0.2, 0) is 15.6 Å². The number of carbonyl (C=O) groups is 1. The van der Waals surface area contributed by atoms with Crippen LogP contribution in [0.2, 0.25) is 0 Å². The number of amides is 1. The molecule has 0 unspecified atom stereocenters. The molecule has 1 amide bonds. The molecular weight excluding hydrogens is 302 g/mol. The van der Waals surface area contributed by atoms with Crippen LogP contribution < -0.4 is 4.90 Å². The first-order valence-electron chi connectivity index (χ1n) is 6.60. The summed E-state index contributed by atoms with van der Waals surface area (Å²) < 4.78 is 22.5. The first kappa shape index (κ1) is 16.0. The molecule has 1 N–H and O–H groups in total. The fourth-order valence-electron chi connectivity index (χ4n) is 2.03. The lowest BCUT2D eigenvalue weighted by atomic mass is 10.1. The van der Waals surface area contributed by atoms with E-state index in [1.165, 1.54) is 23.3 Å². The maximum atomic E-state index is 12.4. The number of phenolic OH excluding ortho intramolecular Hbond substituents is 1. The molecule has 116 valence electrons. The van der Waals surface area contributed by atoms with E-state index in [-0.39, 0.29) is 17.4 Å². The zero-order chi connectivity index (χ0) is 16.3. The van der Waals surface area contributed by atoms with Gasteiger partial charge in [-0.25, -0.2) is 8.42 Å². The summed E-state index contributed by atoms with van der Waals surface area (Å²) in [5, 5.41) is 9.26. The van der Waals surface area contributed by atoms with Gasteiger partial charge in [-0.05, 0) is 42.0 Å². The van der Waals surface area contributed by atoms with Crippen molar-refractivity contribution in [2.24, 2.45) is 0 Å². The first-order valence-corrected chi connectivity index (χ1v) is 8.66. The molecule has 0 spiro atoms. The van der Waals surface area contributed by atoms with Gasteiger partial charge in [0.25, 0.3) is 5.91 Å². The second-order valence-corrected chi connectivity index (χ2v) is 7.29.